The van der Waals surface area contributed by atoms with Crippen molar-refractivity contribution >= 4 is 48.1 Å². The second kappa shape index (κ2) is 9.48. The summed E-state index contributed by atoms with van der Waals surface area (Å²) in [5.41, 5.74) is 7.30. The van der Waals surface area contributed by atoms with Gasteiger partial charge < -0.3 is 0 Å². The summed E-state index contributed by atoms with van der Waals surface area (Å²) >= 11 is -0.537. The molecule has 6 rings (SSSR count). The molecule has 3 aliphatic heterocycles. The first-order valence-electron chi connectivity index (χ1n) is 12.4. The van der Waals surface area contributed by atoms with Crippen LogP contribution in [0, 0.1) is 12.1 Å². The third-order valence-corrected chi connectivity index (χ3v) is 10.4. The molecule has 0 saturated carbocycles. The van der Waals surface area contributed by atoms with E-state index in [0.717, 1.165) is 39.8 Å². The molecule has 3 aromatic rings. The molecule has 0 aliphatic carbocycles. The first-order valence-corrected chi connectivity index (χ1v) is 14.7. The number of anilines is 7. The molecule has 38 heavy (non-hydrogen) atoms. The van der Waals surface area contributed by atoms with Gasteiger partial charge in [-0.1, -0.05) is 0 Å². The van der Waals surface area contributed by atoms with Crippen molar-refractivity contribution in [3.05, 3.63) is 91.5 Å². The average molecular weight is 685 g/mol. The summed E-state index contributed by atoms with van der Waals surface area (Å²) in [6, 6.07) is 26.8. The molecule has 0 saturated heterocycles. The van der Waals surface area contributed by atoms with Crippen molar-refractivity contribution in [1.82, 2.24) is 9.80 Å². The van der Waals surface area contributed by atoms with Crippen molar-refractivity contribution in [2.45, 2.75) is 0 Å². The standard InChI is InChI=1S/C30H31N7.Pt/c1-31(2)28-14-9-15-29(32(3)4)30(28)37(26-12-7-10-24(20-26)35-18-16-33(5)22-35)27-13-8-11-25(21-27)36-19-17-34(6)23-36;/h7-19H,1-6H3;/q-2;. The molecule has 0 aromatic heterocycles. The van der Waals surface area contributed by atoms with Gasteiger partial charge in [0, 0.05) is 0 Å². The van der Waals surface area contributed by atoms with Crippen LogP contribution in [0.2, 0.25) is 0 Å². The van der Waals surface area contributed by atoms with Crippen LogP contribution in [0.3, 0.4) is 0 Å². The van der Waals surface area contributed by atoms with Gasteiger partial charge in [-0.25, -0.2) is 0 Å². The van der Waals surface area contributed by atoms with E-state index in [1.54, 1.807) is 0 Å². The van der Waals surface area contributed by atoms with E-state index in [4.69, 9.17) is 0 Å². The Morgan fingerprint density at radius 1 is 0.579 bits per heavy atom. The minimum atomic E-state index is -0.537. The van der Waals surface area contributed by atoms with Gasteiger partial charge in [0.2, 0.25) is 0 Å². The quantitative estimate of drug-likeness (QED) is 0.372. The zero-order valence-corrected chi connectivity index (χ0v) is 24.7. The van der Waals surface area contributed by atoms with E-state index in [2.05, 4.69) is 168 Å². The molecule has 0 N–H and O–H groups in total. The van der Waals surface area contributed by atoms with Crippen LogP contribution in [-0.2, 0) is 17.6 Å². The molecule has 4 bridgehead atoms. The Labute approximate surface area is 233 Å². The van der Waals surface area contributed by atoms with Crippen molar-refractivity contribution in [2.24, 2.45) is 0 Å². The van der Waals surface area contributed by atoms with Gasteiger partial charge in [0.25, 0.3) is 0 Å². The fourth-order valence-corrected chi connectivity index (χ4v) is 7.80. The van der Waals surface area contributed by atoms with Crippen LogP contribution in [0.25, 0.3) is 0 Å². The van der Waals surface area contributed by atoms with Crippen LogP contribution in [0.1, 0.15) is 0 Å². The van der Waals surface area contributed by atoms with E-state index in [9.17, 15) is 0 Å². The third kappa shape index (κ3) is 4.02. The van der Waals surface area contributed by atoms with Crippen LogP contribution in [-0.4, -0.2) is 60.4 Å². The maximum atomic E-state index is 3.78. The topological polar surface area (TPSA) is 22.7 Å². The Hall–Kier alpha value is -3.83. The van der Waals surface area contributed by atoms with E-state index >= 15 is 0 Å². The molecule has 0 amide bonds. The first-order chi connectivity index (χ1) is 18.3. The van der Waals surface area contributed by atoms with Crippen molar-refractivity contribution in [3.8, 4) is 0 Å². The molecular weight excluding hydrogens is 653 g/mol. The van der Waals surface area contributed by atoms with Gasteiger partial charge in [-0.05, 0) is 0 Å². The SMILES string of the molecule is CN1C=CN2[C]1=[Pt]=[C]1N(C)C=CN1c1[c-]c(ccc1)N(c1c(N(C)C)cccc1N(C)C)c1[c-]c2ccc1. The summed E-state index contributed by atoms with van der Waals surface area (Å²) in [4.78, 5) is 15.7. The Morgan fingerprint density at radius 2 is 1.00 bits per heavy atom. The van der Waals surface area contributed by atoms with Crippen molar-refractivity contribution < 1.29 is 17.6 Å². The molecule has 3 aliphatic rings. The molecule has 0 unspecified atom stereocenters. The average Bonchev–Trinajstić information content (AvgIpc) is 3.46. The van der Waals surface area contributed by atoms with E-state index in [1.807, 2.05) is 0 Å². The number of fused-ring (bicyclic) bond motifs is 8. The van der Waals surface area contributed by atoms with Crippen molar-refractivity contribution in [3.63, 3.8) is 0 Å². The summed E-state index contributed by atoms with van der Waals surface area (Å²) in [5, 5.41) is 0. The summed E-state index contributed by atoms with van der Waals surface area (Å²) in [5.74, 6) is 0. The monoisotopic (exact) mass is 684 g/mol. The molecule has 0 fully saturated rings. The molecule has 0 atom stereocenters. The van der Waals surface area contributed by atoms with Crippen molar-refractivity contribution in [2.75, 3.05) is 66.8 Å². The zero-order chi connectivity index (χ0) is 26.6. The maximum absolute atomic E-state index is 3.78. The predicted octanol–water partition coefficient (Wildman–Crippen LogP) is 4.61. The van der Waals surface area contributed by atoms with Gasteiger partial charge in [-0.3, -0.25) is 0 Å². The number of nitrogens with zero attached hydrogens (tertiary/aromatic N) is 7. The van der Waals surface area contributed by atoms with Gasteiger partial charge in [-0.15, -0.1) is 0 Å². The van der Waals surface area contributed by atoms with Crippen LogP contribution < -0.4 is 24.5 Å². The summed E-state index contributed by atoms with van der Waals surface area (Å²) in [6.07, 6.45) is 8.58. The van der Waals surface area contributed by atoms with Gasteiger partial charge in [-0.2, -0.15) is 0 Å². The van der Waals surface area contributed by atoms with Crippen LogP contribution >= 0.6 is 0 Å². The number of hydrogen-bond donors (Lipinski definition) is 0. The van der Waals surface area contributed by atoms with Crippen LogP contribution in [0.4, 0.5) is 39.8 Å². The second-order valence-electron chi connectivity index (χ2n) is 9.73. The molecule has 7 nitrogen and oxygen atoms in total. The fraction of sp³-hybridized carbons (Fsp3) is 0.200. The Morgan fingerprint density at radius 3 is 1.45 bits per heavy atom. The minimum absolute atomic E-state index is 0.537. The van der Waals surface area contributed by atoms with Gasteiger partial charge in [0.05, 0.1) is 0 Å². The van der Waals surface area contributed by atoms with Gasteiger partial charge in [0.1, 0.15) is 0 Å². The fourth-order valence-electron chi connectivity index (χ4n) is 4.77. The summed E-state index contributed by atoms with van der Waals surface area (Å²) in [6.45, 7) is 0. The van der Waals surface area contributed by atoms with E-state index < -0.39 is 17.6 Å². The summed E-state index contributed by atoms with van der Waals surface area (Å²) < 4.78 is 2.56. The number of benzene rings is 3. The van der Waals surface area contributed by atoms with E-state index in [1.165, 1.54) is 8.29 Å². The third-order valence-electron chi connectivity index (χ3n) is 6.64. The number of hydrogen-bond acceptors (Lipinski definition) is 7. The number of rotatable bonds is 3. The number of para-hydroxylation sites is 1. The Kier molecular flexibility index (Phi) is 6.11. The van der Waals surface area contributed by atoms with Crippen LogP contribution in [0.5, 0.6) is 0 Å². The normalized spacial score (nSPS) is 16.2. The van der Waals surface area contributed by atoms with E-state index in [-0.39, 0.29) is 0 Å². The second-order valence-corrected chi connectivity index (χ2v) is 12.3. The Balaban J connectivity index is 1.69. The molecule has 198 valence electrons. The Bertz CT molecular complexity index is 1430. The molecule has 3 heterocycles. The van der Waals surface area contributed by atoms with Crippen molar-refractivity contribution in [1.29, 1.82) is 0 Å². The van der Waals surface area contributed by atoms with Crippen LogP contribution in [0.15, 0.2) is 79.4 Å². The van der Waals surface area contributed by atoms with Gasteiger partial charge >= 0.3 is 234 Å². The molecule has 8 heteroatoms. The molecule has 0 spiro atoms. The molecule has 0 radical (unpaired) electrons. The van der Waals surface area contributed by atoms with Gasteiger partial charge in [0.15, 0.2) is 0 Å². The summed E-state index contributed by atoms with van der Waals surface area (Å²) in [7, 11) is 12.6. The predicted molar refractivity (Wildman–Crippen MR) is 156 cm³/mol. The first kappa shape index (κ1) is 24.5. The molecule has 3 aromatic carbocycles. The zero-order valence-electron chi connectivity index (χ0n) is 22.5. The van der Waals surface area contributed by atoms with E-state index in [0.29, 0.717) is 0 Å². The molecular formula is C30H31N7Pt-2.